The Labute approximate surface area is 175 Å². The van der Waals surface area contributed by atoms with E-state index >= 15 is 0 Å². The van der Waals surface area contributed by atoms with Crippen molar-refractivity contribution in [3.63, 3.8) is 0 Å². The van der Waals surface area contributed by atoms with E-state index in [1.54, 1.807) is 0 Å². The summed E-state index contributed by atoms with van der Waals surface area (Å²) in [6, 6.07) is 18.5. The first kappa shape index (κ1) is 19.6. The Morgan fingerprint density at radius 2 is 1.67 bits per heavy atom. The molecule has 1 aromatic heterocycles. The van der Waals surface area contributed by atoms with E-state index in [9.17, 15) is 9.59 Å². The van der Waals surface area contributed by atoms with Gasteiger partial charge >= 0.3 is 6.03 Å². The maximum absolute atomic E-state index is 13.2. The number of hydrazone groups is 1. The third-order valence-electron chi connectivity index (χ3n) is 5.52. The van der Waals surface area contributed by atoms with Crippen LogP contribution in [0.25, 0.3) is 5.69 Å². The molecule has 30 heavy (non-hydrogen) atoms. The van der Waals surface area contributed by atoms with Crippen LogP contribution in [0.4, 0.5) is 4.79 Å². The quantitative estimate of drug-likeness (QED) is 0.523. The summed E-state index contributed by atoms with van der Waals surface area (Å²) in [7, 11) is 0. The van der Waals surface area contributed by atoms with Gasteiger partial charge < -0.3 is 5.32 Å². The average molecular weight is 401 g/mol. The minimum atomic E-state index is -1.10. The van der Waals surface area contributed by atoms with Crippen LogP contribution < -0.4 is 5.32 Å². The van der Waals surface area contributed by atoms with Crippen molar-refractivity contribution in [2.75, 3.05) is 0 Å². The van der Waals surface area contributed by atoms with Gasteiger partial charge in [-0.3, -0.25) is 4.79 Å². The number of amides is 3. The van der Waals surface area contributed by atoms with E-state index in [-0.39, 0.29) is 5.91 Å². The largest absolute Gasteiger partial charge is 0.346 e. The van der Waals surface area contributed by atoms with Gasteiger partial charge in [0.1, 0.15) is 5.54 Å². The summed E-state index contributed by atoms with van der Waals surface area (Å²) in [5.41, 5.74) is 2.98. The zero-order chi connectivity index (χ0) is 21.3. The molecule has 2 heterocycles. The molecule has 0 radical (unpaired) electrons. The van der Waals surface area contributed by atoms with E-state index < -0.39 is 11.6 Å². The molecule has 0 bridgehead atoms. The molecule has 7 heteroatoms. The highest BCUT2D eigenvalue weighted by atomic mass is 16.2. The van der Waals surface area contributed by atoms with Gasteiger partial charge in [0.15, 0.2) is 0 Å². The SMILES string of the molecule is CC[C@@]1(c2ccccc2)NC(=O)N(N=Cc2c(C)nn(-c3ccccc3)c2C)C1=O. The number of hydrogen-bond donors (Lipinski definition) is 1. The molecule has 0 spiro atoms. The predicted octanol–water partition coefficient (Wildman–Crippen LogP) is 3.68. The molecule has 7 nitrogen and oxygen atoms in total. The smallest absolute Gasteiger partial charge is 0.318 e. The van der Waals surface area contributed by atoms with Crippen LogP contribution in [0.3, 0.4) is 0 Å². The molecule has 0 aliphatic carbocycles. The van der Waals surface area contributed by atoms with Gasteiger partial charge in [0.25, 0.3) is 5.91 Å². The van der Waals surface area contributed by atoms with Crippen LogP contribution in [-0.4, -0.2) is 32.9 Å². The summed E-state index contributed by atoms with van der Waals surface area (Å²) in [5.74, 6) is -0.386. The highest BCUT2D eigenvalue weighted by Gasteiger charge is 2.51. The fraction of sp³-hybridized carbons (Fsp3) is 0.217. The molecule has 0 saturated carbocycles. The van der Waals surface area contributed by atoms with Crippen LogP contribution in [0.5, 0.6) is 0 Å². The second-order valence-electron chi connectivity index (χ2n) is 7.25. The zero-order valence-electron chi connectivity index (χ0n) is 17.2. The number of para-hydroxylation sites is 1. The summed E-state index contributed by atoms with van der Waals surface area (Å²) in [5, 5.41) is 12.6. The van der Waals surface area contributed by atoms with Crippen LogP contribution in [0.1, 0.15) is 35.9 Å². The number of carbonyl (C=O) groups is 2. The van der Waals surface area contributed by atoms with E-state index in [0.29, 0.717) is 6.42 Å². The Bertz CT molecular complexity index is 1120. The van der Waals surface area contributed by atoms with Crippen LogP contribution in [-0.2, 0) is 10.3 Å². The van der Waals surface area contributed by atoms with Crippen molar-refractivity contribution in [3.8, 4) is 5.69 Å². The number of hydrogen-bond acceptors (Lipinski definition) is 4. The second-order valence-corrected chi connectivity index (χ2v) is 7.25. The molecule has 1 atom stereocenters. The predicted molar refractivity (Wildman–Crippen MR) is 114 cm³/mol. The van der Waals surface area contributed by atoms with Crippen molar-refractivity contribution >= 4 is 18.2 Å². The van der Waals surface area contributed by atoms with Gasteiger partial charge in [-0.05, 0) is 38.0 Å². The van der Waals surface area contributed by atoms with Crippen molar-refractivity contribution < 1.29 is 9.59 Å². The molecule has 1 aliphatic rings. The lowest BCUT2D eigenvalue weighted by molar-refractivity contribution is -0.131. The maximum Gasteiger partial charge on any atom is 0.346 e. The first-order chi connectivity index (χ1) is 14.5. The van der Waals surface area contributed by atoms with Gasteiger partial charge in [0.05, 0.1) is 23.3 Å². The van der Waals surface area contributed by atoms with E-state index in [1.807, 2.05) is 86.1 Å². The van der Waals surface area contributed by atoms with Gasteiger partial charge in [-0.25, -0.2) is 9.48 Å². The second kappa shape index (κ2) is 7.59. The van der Waals surface area contributed by atoms with Crippen LogP contribution in [0.2, 0.25) is 0 Å². The van der Waals surface area contributed by atoms with Crippen LogP contribution in [0.15, 0.2) is 65.8 Å². The number of carbonyl (C=O) groups excluding carboxylic acids is 2. The topological polar surface area (TPSA) is 79.6 Å². The summed E-state index contributed by atoms with van der Waals surface area (Å²) in [6.07, 6.45) is 1.96. The molecule has 1 aliphatic heterocycles. The highest BCUT2D eigenvalue weighted by molar-refractivity contribution is 6.07. The molecule has 0 unspecified atom stereocenters. The first-order valence-electron chi connectivity index (χ1n) is 9.86. The van der Waals surface area contributed by atoms with Crippen molar-refractivity contribution in [1.29, 1.82) is 0 Å². The lowest BCUT2D eigenvalue weighted by Crippen LogP contribution is -2.43. The Morgan fingerprint density at radius 3 is 2.30 bits per heavy atom. The van der Waals surface area contributed by atoms with Gasteiger partial charge in [-0.1, -0.05) is 55.5 Å². The third kappa shape index (κ3) is 3.08. The fourth-order valence-corrected chi connectivity index (χ4v) is 3.81. The lowest BCUT2D eigenvalue weighted by Gasteiger charge is -2.24. The van der Waals surface area contributed by atoms with Gasteiger partial charge in [-0.15, -0.1) is 5.01 Å². The van der Waals surface area contributed by atoms with Crippen molar-refractivity contribution in [1.82, 2.24) is 20.1 Å². The Hall–Kier alpha value is -3.74. The van der Waals surface area contributed by atoms with E-state index in [0.717, 1.165) is 33.2 Å². The minimum absolute atomic E-state index is 0.386. The number of nitrogens with one attached hydrogen (secondary N) is 1. The number of nitrogens with zero attached hydrogens (tertiary/aromatic N) is 4. The first-order valence-corrected chi connectivity index (χ1v) is 9.86. The summed E-state index contributed by atoms with van der Waals surface area (Å²) in [6.45, 7) is 5.68. The van der Waals surface area contributed by atoms with E-state index in [1.165, 1.54) is 6.21 Å². The standard InChI is InChI=1S/C23H23N5O2/c1-4-23(18-11-7-5-8-12-18)21(29)28(22(30)25-23)24-15-20-16(2)26-27(17(20)3)19-13-9-6-10-14-19/h5-15H,4H2,1-3H3,(H,25,30)/t23-/m0/s1. The van der Waals surface area contributed by atoms with Gasteiger partial charge in [0, 0.05) is 5.56 Å². The Kier molecular flexibility index (Phi) is 4.95. The Morgan fingerprint density at radius 1 is 1.03 bits per heavy atom. The molecular formula is C23H23N5O2. The molecule has 152 valence electrons. The number of urea groups is 1. The molecule has 2 aromatic carbocycles. The van der Waals surface area contributed by atoms with Crippen molar-refractivity contribution in [2.45, 2.75) is 32.7 Å². The molecular weight excluding hydrogens is 378 g/mol. The fourth-order valence-electron chi connectivity index (χ4n) is 3.81. The monoisotopic (exact) mass is 401 g/mol. The summed E-state index contributed by atoms with van der Waals surface area (Å²) >= 11 is 0. The minimum Gasteiger partial charge on any atom is -0.318 e. The number of aromatic nitrogens is 2. The molecule has 3 aromatic rings. The zero-order valence-corrected chi connectivity index (χ0v) is 17.2. The van der Waals surface area contributed by atoms with E-state index in [2.05, 4.69) is 15.5 Å². The lowest BCUT2D eigenvalue weighted by atomic mass is 9.87. The van der Waals surface area contributed by atoms with Crippen molar-refractivity contribution in [3.05, 3.63) is 83.2 Å². The Balaban J connectivity index is 1.66. The third-order valence-corrected chi connectivity index (χ3v) is 5.52. The average Bonchev–Trinajstić information content (AvgIpc) is 3.20. The summed E-state index contributed by atoms with van der Waals surface area (Å²) < 4.78 is 1.82. The highest BCUT2D eigenvalue weighted by Crippen LogP contribution is 2.32. The molecule has 4 rings (SSSR count). The van der Waals surface area contributed by atoms with Crippen LogP contribution >= 0.6 is 0 Å². The number of aryl methyl sites for hydroxylation is 1. The molecule has 1 N–H and O–H groups in total. The van der Waals surface area contributed by atoms with Crippen LogP contribution in [0, 0.1) is 13.8 Å². The molecule has 3 amide bonds. The number of rotatable bonds is 5. The number of imide groups is 1. The van der Waals surface area contributed by atoms with Gasteiger partial charge in [0.2, 0.25) is 0 Å². The maximum atomic E-state index is 13.2. The molecule has 1 fully saturated rings. The normalized spacial score (nSPS) is 19.0. The van der Waals surface area contributed by atoms with Crippen molar-refractivity contribution in [2.24, 2.45) is 5.10 Å². The van der Waals surface area contributed by atoms with Gasteiger partial charge in [-0.2, -0.15) is 10.2 Å². The number of benzene rings is 2. The summed E-state index contributed by atoms with van der Waals surface area (Å²) in [4.78, 5) is 25.8. The molecule has 1 saturated heterocycles. The van der Waals surface area contributed by atoms with E-state index in [4.69, 9.17) is 0 Å².